The molecule has 3 aromatic rings. The molecule has 0 spiro atoms. The first-order valence-corrected chi connectivity index (χ1v) is 10.2. The molecule has 0 saturated heterocycles. The van der Waals surface area contributed by atoms with E-state index in [4.69, 9.17) is 9.15 Å². The van der Waals surface area contributed by atoms with Crippen molar-refractivity contribution < 1.29 is 14.1 Å². The second-order valence-electron chi connectivity index (χ2n) is 5.86. The highest BCUT2D eigenvalue weighted by Crippen LogP contribution is 2.41. The Morgan fingerprint density at radius 1 is 1.32 bits per heavy atom. The number of furan rings is 1. The Hall–Kier alpha value is -2.66. The molecule has 3 heterocycles. The van der Waals surface area contributed by atoms with Gasteiger partial charge in [0, 0.05) is 21.5 Å². The van der Waals surface area contributed by atoms with Crippen LogP contribution in [-0.2, 0) is 0 Å². The highest BCUT2D eigenvalue weighted by Gasteiger charge is 2.29. The van der Waals surface area contributed by atoms with Crippen LogP contribution in [0.5, 0.6) is 5.88 Å². The van der Waals surface area contributed by atoms with Crippen LogP contribution in [0.4, 0.5) is 11.6 Å². The van der Waals surface area contributed by atoms with E-state index < -0.39 is 11.2 Å². The number of halogens is 1. The maximum absolute atomic E-state index is 11.0. The third-order valence-electron chi connectivity index (χ3n) is 3.87. The lowest BCUT2D eigenvalue weighted by Gasteiger charge is -2.16. The van der Waals surface area contributed by atoms with Crippen LogP contribution in [0.25, 0.3) is 11.3 Å². The van der Waals surface area contributed by atoms with Crippen molar-refractivity contribution in [1.82, 2.24) is 15.2 Å². The molecule has 1 atom stereocenters. The number of hydrogen-bond acceptors (Lipinski definition) is 9. The minimum absolute atomic E-state index is 0.259. The van der Waals surface area contributed by atoms with Crippen molar-refractivity contribution in [3.63, 3.8) is 0 Å². The van der Waals surface area contributed by atoms with Gasteiger partial charge in [0.25, 0.3) is 0 Å². The lowest BCUT2D eigenvalue weighted by atomic mass is 10.1. The van der Waals surface area contributed by atoms with Crippen LogP contribution in [0, 0.1) is 10.1 Å². The highest BCUT2D eigenvalue weighted by atomic mass is 79.9. The van der Waals surface area contributed by atoms with Crippen LogP contribution in [0.2, 0.25) is 0 Å². The fourth-order valence-corrected chi connectivity index (χ4v) is 3.63. The van der Waals surface area contributed by atoms with E-state index in [1.54, 1.807) is 0 Å². The number of nitrogens with zero attached hydrogens (tertiary/aromatic N) is 4. The summed E-state index contributed by atoms with van der Waals surface area (Å²) in [6.45, 7) is 2.07. The number of ether oxygens (including phenoxy) is 1. The molecule has 1 aliphatic heterocycles. The molecule has 4 rings (SSSR count). The number of hydrogen-bond donors (Lipinski definition) is 1. The van der Waals surface area contributed by atoms with Gasteiger partial charge in [-0.1, -0.05) is 34.6 Å². The van der Waals surface area contributed by atoms with Crippen LogP contribution in [0.3, 0.4) is 0 Å². The van der Waals surface area contributed by atoms with E-state index in [0.29, 0.717) is 10.9 Å². The summed E-state index contributed by atoms with van der Waals surface area (Å²) in [5.74, 6) is 1.03. The first kappa shape index (κ1) is 18.7. The van der Waals surface area contributed by atoms with Crippen LogP contribution in [0.15, 0.2) is 44.4 Å². The molecule has 0 bridgehead atoms. The van der Waals surface area contributed by atoms with Gasteiger partial charge >= 0.3 is 5.88 Å². The van der Waals surface area contributed by atoms with Gasteiger partial charge < -0.3 is 14.5 Å². The Morgan fingerprint density at radius 2 is 2.18 bits per heavy atom. The van der Waals surface area contributed by atoms with E-state index in [2.05, 4.69) is 43.4 Å². The van der Waals surface area contributed by atoms with E-state index in [9.17, 15) is 10.1 Å². The van der Waals surface area contributed by atoms with Crippen LogP contribution < -0.4 is 10.1 Å². The summed E-state index contributed by atoms with van der Waals surface area (Å²) in [5, 5.41) is 23.2. The lowest BCUT2D eigenvalue weighted by Crippen LogP contribution is -2.16. The average Bonchev–Trinajstić information content (AvgIpc) is 3.12. The molecular formula is C17H14BrN5O4S. The summed E-state index contributed by atoms with van der Waals surface area (Å²) in [6.07, 6.45) is 0.165. The highest BCUT2D eigenvalue weighted by molar-refractivity contribution is 9.10. The molecule has 1 aromatic carbocycles. The Balaban J connectivity index is 1.79. The lowest BCUT2D eigenvalue weighted by molar-refractivity contribution is -0.402. The normalized spacial score (nSPS) is 15.0. The van der Waals surface area contributed by atoms with Crippen LogP contribution in [-0.4, -0.2) is 25.9 Å². The molecule has 0 amide bonds. The van der Waals surface area contributed by atoms with Crippen molar-refractivity contribution in [1.29, 1.82) is 0 Å². The van der Waals surface area contributed by atoms with Gasteiger partial charge in [-0.05, 0) is 30.7 Å². The van der Waals surface area contributed by atoms with Crippen LogP contribution in [0.1, 0.15) is 25.3 Å². The topological polar surface area (TPSA) is 116 Å². The standard InChI is InChI=1S/C17H14BrN5O4S/c1-2-7-28-17-20-16-14(21-22-17)10-8-9(18)3-4-11(10)19-15(27-16)12-5-6-13(26-12)23(24)25/h3-6,8,15,19H,2,7H2,1H3/t15-/m1/s1. The summed E-state index contributed by atoms with van der Waals surface area (Å²) in [4.78, 5) is 14.9. The van der Waals surface area contributed by atoms with Gasteiger partial charge in [0.1, 0.15) is 4.92 Å². The molecule has 0 unspecified atom stereocenters. The molecule has 0 radical (unpaired) electrons. The molecule has 2 aromatic heterocycles. The summed E-state index contributed by atoms with van der Waals surface area (Å²) in [5.41, 5.74) is 1.95. The minimum atomic E-state index is -0.810. The summed E-state index contributed by atoms with van der Waals surface area (Å²) in [7, 11) is 0. The Morgan fingerprint density at radius 3 is 2.93 bits per heavy atom. The zero-order chi connectivity index (χ0) is 19.7. The molecular weight excluding hydrogens is 450 g/mol. The second kappa shape index (κ2) is 7.76. The molecule has 9 nitrogen and oxygen atoms in total. The molecule has 144 valence electrons. The monoisotopic (exact) mass is 463 g/mol. The zero-order valence-electron chi connectivity index (χ0n) is 14.6. The molecule has 28 heavy (non-hydrogen) atoms. The first-order valence-electron chi connectivity index (χ1n) is 8.40. The fourth-order valence-electron chi connectivity index (χ4n) is 2.63. The maximum atomic E-state index is 11.0. The van der Waals surface area contributed by atoms with Gasteiger partial charge in [0.15, 0.2) is 11.5 Å². The molecule has 11 heteroatoms. The molecule has 1 N–H and O–H groups in total. The van der Waals surface area contributed by atoms with Crippen molar-refractivity contribution in [3.8, 4) is 17.1 Å². The van der Waals surface area contributed by atoms with Gasteiger partial charge in [-0.25, -0.2) is 0 Å². The van der Waals surface area contributed by atoms with Crippen molar-refractivity contribution in [2.75, 3.05) is 11.1 Å². The number of aromatic nitrogens is 3. The second-order valence-corrected chi connectivity index (χ2v) is 7.84. The van der Waals surface area contributed by atoms with Crippen molar-refractivity contribution in [2.24, 2.45) is 0 Å². The summed E-state index contributed by atoms with van der Waals surface area (Å²) in [6, 6.07) is 8.39. The Kier molecular flexibility index (Phi) is 5.18. The summed E-state index contributed by atoms with van der Waals surface area (Å²) < 4.78 is 12.2. The van der Waals surface area contributed by atoms with Crippen molar-refractivity contribution >= 4 is 39.3 Å². The Labute approximate surface area is 172 Å². The van der Waals surface area contributed by atoms with Gasteiger partial charge in [-0.3, -0.25) is 10.1 Å². The molecule has 0 saturated carbocycles. The number of nitro groups is 1. The van der Waals surface area contributed by atoms with Gasteiger partial charge in [0.2, 0.25) is 17.3 Å². The fraction of sp³-hybridized carbons (Fsp3) is 0.235. The molecule has 0 aliphatic carbocycles. The number of fused-ring (bicyclic) bond motifs is 3. The maximum Gasteiger partial charge on any atom is 0.433 e. The number of benzene rings is 1. The quantitative estimate of drug-likeness (QED) is 0.323. The van der Waals surface area contributed by atoms with Crippen LogP contribution >= 0.6 is 27.7 Å². The third-order valence-corrected chi connectivity index (χ3v) is 5.41. The zero-order valence-corrected chi connectivity index (χ0v) is 17.0. The van der Waals surface area contributed by atoms with E-state index in [-0.39, 0.29) is 17.5 Å². The predicted octanol–water partition coefficient (Wildman–Crippen LogP) is 4.81. The summed E-state index contributed by atoms with van der Waals surface area (Å²) >= 11 is 4.94. The minimum Gasteiger partial charge on any atom is -0.444 e. The predicted molar refractivity (Wildman–Crippen MR) is 106 cm³/mol. The van der Waals surface area contributed by atoms with Gasteiger partial charge in [-0.2, -0.15) is 4.98 Å². The number of thioether (sulfide) groups is 1. The average molecular weight is 464 g/mol. The van der Waals surface area contributed by atoms with E-state index in [1.165, 1.54) is 23.9 Å². The number of rotatable bonds is 5. The van der Waals surface area contributed by atoms with Gasteiger partial charge in [0.05, 0.1) is 6.07 Å². The molecule has 0 fully saturated rings. The van der Waals surface area contributed by atoms with Crippen molar-refractivity contribution in [2.45, 2.75) is 24.7 Å². The van der Waals surface area contributed by atoms with E-state index in [1.807, 2.05) is 18.2 Å². The number of nitrogens with one attached hydrogen (secondary N) is 1. The third kappa shape index (κ3) is 3.67. The van der Waals surface area contributed by atoms with E-state index >= 15 is 0 Å². The van der Waals surface area contributed by atoms with Gasteiger partial charge in [-0.15, -0.1) is 10.2 Å². The van der Waals surface area contributed by atoms with Crippen molar-refractivity contribution in [3.05, 3.63) is 50.7 Å². The number of anilines is 1. The van der Waals surface area contributed by atoms with E-state index in [0.717, 1.165) is 27.9 Å². The Bertz CT molecular complexity index is 1040. The SMILES string of the molecule is CCCSc1nnc2c(n1)O[C@H](c1ccc([N+](=O)[O-])o1)Nc1ccc(Br)cc1-2. The molecule has 1 aliphatic rings. The largest absolute Gasteiger partial charge is 0.444 e. The smallest absolute Gasteiger partial charge is 0.433 e. The first-order chi connectivity index (χ1) is 13.5.